The summed E-state index contributed by atoms with van der Waals surface area (Å²) in [7, 11) is 5.03. The van der Waals surface area contributed by atoms with Crippen LogP contribution in [0.1, 0.15) is 13.3 Å². The van der Waals surface area contributed by atoms with E-state index >= 15 is 0 Å². The Morgan fingerprint density at radius 2 is 1.50 bits per heavy atom. The lowest BCUT2D eigenvalue weighted by molar-refractivity contribution is 1.08. The highest BCUT2D eigenvalue weighted by molar-refractivity contribution is 6.08. The minimum atomic E-state index is 0. The molecule has 0 amide bonds. The third-order valence-corrected chi connectivity index (χ3v) is 0.289. The third kappa shape index (κ3) is 22.8. The van der Waals surface area contributed by atoms with E-state index in [0.717, 1.165) is 12.7 Å². The highest BCUT2D eigenvalue weighted by Gasteiger charge is 1.57. The molecule has 0 N–H and O–H groups in total. The molecule has 0 atom stereocenters. The van der Waals surface area contributed by atoms with Crippen LogP contribution >= 0.6 is 24.8 Å². The molecule has 0 aliphatic rings. The molecule has 0 saturated carbocycles. The summed E-state index contributed by atoms with van der Waals surface area (Å²) in [6.45, 7) is 2.06. The average Bonchev–Trinajstić information content (AvgIpc) is 1.37. The second kappa shape index (κ2) is 17.4. The van der Waals surface area contributed by atoms with Gasteiger partial charge in [-0.2, -0.15) is 0 Å². The number of rotatable bonds is 1. The van der Waals surface area contributed by atoms with E-state index in [9.17, 15) is 0 Å². The van der Waals surface area contributed by atoms with Gasteiger partial charge in [0.15, 0.2) is 0 Å². The summed E-state index contributed by atoms with van der Waals surface area (Å²) in [6, 6.07) is 0. The fourth-order valence-electron chi connectivity index (χ4n) is 0. The van der Waals surface area contributed by atoms with Gasteiger partial charge in [0.05, 0.1) is 7.85 Å². The van der Waals surface area contributed by atoms with E-state index in [2.05, 4.69) is 6.92 Å². The molecule has 2 radical (unpaired) electrons. The van der Waals surface area contributed by atoms with E-state index in [1.807, 2.05) is 0 Å². The molecule has 0 spiro atoms. The van der Waals surface area contributed by atoms with Crippen molar-refractivity contribution in [2.24, 2.45) is 0 Å². The summed E-state index contributed by atoms with van der Waals surface area (Å²) in [4.78, 5) is 0. The van der Waals surface area contributed by atoms with Crippen molar-refractivity contribution in [2.75, 3.05) is 0 Å². The Kier molecular flexibility index (Phi) is 46.2. The van der Waals surface area contributed by atoms with Crippen LogP contribution in [0.2, 0.25) is 6.32 Å². The molecule has 38 valence electrons. The number of hydrogen-bond acceptors (Lipinski definition) is 0. The molecule has 0 saturated heterocycles. The molecule has 6 heavy (non-hydrogen) atoms. The first-order valence-corrected chi connectivity index (χ1v) is 1.62. The quantitative estimate of drug-likeness (QED) is 0.471. The topological polar surface area (TPSA) is 0 Å². The molecule has 0 aromatic heterocycles. The van der Waals surface area contributed by atoms with Crippen molar-refractivity contribution >= 4 is 32.7 Å². The van der Waals surface area contributed by atoms with Crippen LogP contribution in [0, 0.1) is 0 Å². The molecule has 0 unspecified atom stereocenters. The van der Waals surface area contributed by atoms with Crippen LogP contribution < -0.4 is 0 Å². The highest BCUT2D eigenvalue weighted by Crippen LogP contribution is 1.73. The molecule has 0 aromatic rings. The molecule has 0 aliphatic carbocycles. The van der Waals surface area contributed by atoms with Gasteiger partial charge in [0.2, 0.25) is 0 Å². The summed E-state index contributed by atoms with van der Waals surface area (Å²) in [6.07, 6.45) is 1.92. The molecule has 0 rings (SSSR count). The van der Waals surface area contributed by atoms with Crippen molar-refractivity contribution in [3.05, 3.63) is 0 Å². The van der Waals surface area contributed by atoms with Crippen molar-refractivity contribution in [3.8, 4) is 0 Å². The maximum Gasteiger partial charge on any atom is 0.0652 e. The minimum absolute atomic E-state index is 0. The van der Waals surface area contributed by atoms with E-state index in [1.54, 1.807) is 0 Å². The number of hydrogen-bond donors (Lipinski definition) is 0. The van der Waals surface area contributed by atoms with Crippen molar-refractivity contribution in [1.82, 2.24) is 0 Å². The molecule has 0 heterocycles. The molecule has 3 heteroatoms. The van der Waals surface area contributed by atoms with E-state index in [1.165, 1.54) is 0 Å². The van der Waals surface area contributed by atoms with E-state index in [-0.39, 0.29) is 24.8 Å². The maximum atomic E-state index is 5.03. The Bertz CT molecular complexity index is 10.8. The summed E-state index contributed by atoms with van der Waals surface area (Å²) < 4.78 is 0. The van der Waals surface area contributed by atoms with E-state index < -0.39 is 0 Å². The molecule has 0 nitrogen and oxygen atoms in total. The van der Waals surface area contributed by atoms with Crippen molar-refractivity contribution in [3.63, 3.8) is 0 Å². The zero-order valence-corrected chi connectivity index (χ0v) is 5.44. The van der Waals surface area contributed by atoms with Gasteiger partial charge < -0.3 is 0 Å². The zero-order valence-electron chi connectivity index (χ0n) is 3.81. The predicted octanol–water partition coefficient (Wildman–Crippen LogP) is 1.83. The van der Waals surface area contributed by atoms with Crippen LogP contribution in [0.25, 0.3) is 0 Å². The minimum Gasteiger partial charge on any atom is -0.147 e. The van der Waals surface area contributed by atoms with Gasteiger partial charge in [0, 0.05) is 0 Å². The van der Waals surface area contributed by atoms with Crippen molar-refractivity contribution < 1.29 is 0 Å². The molecular weight excluding hydrogens is 118 g/mol. The summed E-state index contributed by atoms with van der Waals surface area (Å²) in [5.74, 6) is 0. The molecule has 0 bridgehead atoms. The van der Waals surface area contributed by atoms with Gasteiger partial charge >= 0.3 is 0 Å². The monoisotopic (exact) mass is 126 g/mol. The third-order valence-electron chi connectivity index (χ3n) is 0.289. The van der Waals surface area contributed by atoms with Crippen molar-refractivity contribution in [1.29, 1.82) is 0 Å². The number of halogens is 2. The lowest BCUT2D eigenvalue weighted by Gasteiger charge is -1.67. The normalized spacial score (nSPS) is 4.83. The van der Waals surface area contributed by atoms with Gasteiger partial charge in [-0.3, -0.25) is 0 Å². The van der Waals surface area contributed by atoms with Crippen molar-refractivity contribution in [2.45, 2.75) is 19.7 Å². The Labute approximate surface area is 52.9 Å². The lowest BCUT2D eigenvalue weighted by atomic mass is 10.0. The van der Waals surface area contributed by atoms with Crippen LogP contribution in [0.5, 0.6) is 0 Å². The Morgan fingerprint density at radius 3 is 1.50 bits per heavy atom. The SMILES string of the molecule is Cl.Cl.[B]CCC. The molecular formula is C3H9BCl2. The second-order valence-electron chi connectivity index (χ2n) is 0.789. The van der Waals surface area contributed by atoms with Crippen LogP contribution in [0.15, 0.2) is 0 Å². The van der Waals surface area contributed by atoms with E-state index in [4.69, 9.17) is 7.85 Å². The van der Waals surface area contributed by atoms with Gasteiger partial charge in [-0.25, -0.2) is 0 Å². The van der Waals surface area contributed by atoms with Crippen LogP contribution in [0.3, 0.4) is 0 Å². The zero-order chi connectivity index (χ0) is 3.41. The van der Waals surface area contributed by atoms with Crippen LogP contribution in [0.4, 0.5) is 0 Å². The Morgan fingerprint density at radius 1 is 1.33 bits per heavy atom. The van der Waals surface area contributed by atoms with Gasteiger partial charge in [-0.1, -0.05) is 19.7 Å². The summed E-state index contributed by atoms with van der Waals surface area (Å²) in [5.41, 5.74) is 0. The van der Waals surface area contributed by atoms with E-state index in [0.29, 0.717) is 0 Å². The Hall–Kier alpha value is 0.645. The maximum absolute atomic E-state index is 5.03. The lowest BCUT2D eigenvalue weighted by Crippen LogP contribution is -1.55. The first-order valence-electron chi connectivity index (χ1n) is 1.62. The van der Waals surface area contributed by atoms with Gasteiger partial charge in [-0.05, 0) is 0 Å². The highest BCUT2D eigenvalue weighted by atomic mass is 35.5. The van der Waals surface area contributed by atoms with Crippen LogP contribution in [-0.2, 0) is 0 Å². The second-order valence-corrected chi connectivity index (χ2v) is 0.789. The summed E-state index contributed by atoms with van der Waals surface area (Å²) in [5, 5.41) is 0. The largest absolute Gasteiger partial charge is 0.147 e. The molecule has 0 aromatic carbocycles. The molecule has 0 fully saturated rings. The molecule has 0 aliphatic heterocycles. The average molecular weight is 127 g/mol. The first kappa shape index (κ1) is 15.9. The fourth-order valence-corrected chi connectivity index (χ4v) is 0. The van der Waals surface area contributed by atoms with Crippen LogP contribution in [-0.4, -0.2) is 7.85 Å². The predicted molar refractivity (Wildman–Crippen MR) is 35.3 cm³/mol. The Balaban J connectivity index is -0.0000000450. The smallest absolute Gasteiger partial charge is 0.0652 e. The van der Waals surface area contributed by atoms with Gasteiger partial charge in [-0.15, -0.1) is 24.8 Å². The standard InChI is InChI=1S/C3H7B.2ClH/c1-2-3-4;;/h2-3H2,1H3;2*1H. The fraction of sp³-hybridized carbons (Fsp3) is 1.00. The first-order chi connectivity index (χ1) is 1.91. The van der Waals surface area contributed by atoms with Gasteiger partial charge in [0.25, 0.3) is 0 Å². The summed E-state index contributed by atoms with van der Waals surface area (Å²) >= 11 is 0. The van der Waals surface area contributed by atoms with Gasteiger partial charge in [0.1, 0.15) is 0 Å².